The van der Waals surface area contributed by atoms with E-state index in [4.69, 9.17) is 15.2 Å². The van der Waals surface area contributed by atoms with Crippen LogP contribution < -0.4 is 16.4 Å². The highest BCUT2D eigenvalue weighted by molar-refractivity contribution is 5.98. The Morgan fingerprint density at radius 2 is 1.20 bits per heavy atom. The van der Waals surface area contributed by atoms with Gasteiger partial charge in [0.05, 0.1) is 32.2 Å². The maximum atomic E-state index is 13.9. The number of ether oxygens (including phenoxy) is 2. The highest BCUT2D eigenvalue weighted by atomic mass is 16.6. The molecule has 1 aliphatic heterocycles. The maximum absolute atomic E-state index is 13.9. The molecule has 3 unspecified atom stereocenters. The zero-order valence-electron chi connectivity index (χ0n) is 42.8. The van der Waals surface area contributed by atoms with E-state index in [0.29, 0.717) is 71.6 Å². The minimum absolute atomic E-state index is 0.0112. The summed E-state index contributed by atoms with van der Waals surface area (Å²) in [6.07, 6.45) is 1.37. The Labute approximate surface area is 414 Å². The summed E-state index contributed by atoms with van der Waals surface area (Å²) in [4.78, 5) is 112. The number of hydrogen-bond acceptors (Lipinski definition) is 15. The van der Waals surface area contributed by atoms with Crippen molar-refractivity contribution in [2.24, 2.45) is 5.73 Å². The van der Waals surface area contributed by atoms with Crippen LogP contribution >= 0.6 is 0 Å². The first-order valence-corrected chi connectivity index (χ1v) is 24.4. The molecule has 2 amide bonds. The molecule has 5 N–H and O–H groups in total. The number of esters is 2. The lowest BCUT2D eigenvalue weighted by atomic mass is 9.98. The van der Waals surface area contributed by atoms with Gasteiger partial charge >= 0.3 is 17.9 Å². The normalized spacial score (nSPS) is 17.0. The smallest absolute Gasteiger partial charge is 0.326 e. The standard InChI is InChI=1S/C52H79N7O11/c1-37(60)32-56-24-25-57(33-38(2)61)28-29-59(36-48(65)70-52(6,7)8)42(34-58(27-26-56)35-47(64)69-51(3,4)5)30-40-17-19-41(20-18-40)49(66)55-44(31-39-14-10-9-11-15-39)45(62)21-22-46(63)54-43(50(67)68)16-12-13-23-53/h9-11,14-15,17-20,42-44H,12-13,16,21-36,53H2,1-8H3,(H,54,63)(H,55,66)(H,67,68). The summed E-state index contributed by atoms with van der Waals surface area (Å²) < 4.78 is 11.6. The molecule has 3 rings (SSSR count). The first-order valence-electron chi connectivity index (χ1n) is 24.4. The number of amides is 2. The number of rotatable bonds is 24. The van der Waals surface area contributed by atoms with Gasteiger partial charge in [-0.05, 0) is 117 Å². The molecule has 18 nitrogen and oxygen atoms in total. The largest absolute Gasteiger partial charge is 0.480 e. The van der Waals surface area contributed by atoms with Gasteiger partial charge in [0.25, 0.3) is 5.91 Å². The van der Waals surface area contributed by atoms with Gasteiger partial charge in [-0.3, -0.25) is 53.2 Å². The number of unbranched alkanes of at least 4 members (excludes halogenated alkanes) is 1. The van der Waals surface area contributed by atoms with Crippen molar-refractivity contribution in [3.8, 4) is 0 Å². The molecular weight excluding hydrogens is 899 g/mol. The van der Waals surface area contributed by atoms with E-state index in [0.717, 1.165) is 11.1 Å². The minimum Gasteiger partial charge on any atom is -0.480 e. The molecule has 0 radical (unpaired) electrons. The van der Waals surface area contributed by atoms with Crippen molar-refractivity contribution in [1.29, 1.82) is 0 Å². The number of nitrogens with two attached hydrogens (primary N) is 1. The van der Waals surface area contributed by atoms with Crippen molar-refractivity contribution >= 4 is 47.1 Å². The fraction of sp³-hybridized carbons (Fsp3) is 0.615. The van der Waals surface area contributed by atoms with Crippen molar-refractivity contribution in [3.63, 3.8) is 0 Å². The van der Waals surface area contributed by atoms with Crippen LogP contribution in [-0.4, -0.2) is 180 Å². The van der Waals surface area contributed by atoms with Crippen molar-refractivity contribution in [3.05, 3.63) is 71.3 Å². The first kappa shape index (κ1) is 58.9. The Morgan fingerprint density at radius 3 is 1.73 bits per heavy atom. The summed E-state index contributed by atoms with van der Waals surface area (Å²) in [7, 11) is 0. The summed E-state index contributed by atoms with van der Waals surface area (Å²) >= 11 is 0. The van der Waals surface area contributed by atoms with E-state index in [2.05, 4.69) is 10.6 Å². The Morgan fingerprint density at radius 1 is 0.657 bits per heavy atom. The summed E-state index contributed by atoms with van der Waals surface area (Å²) in [5.74, 6) is -3.57. The SMILES string of the molecule is CC(=O)CN1CCN(CC(C)=O)CCN(CC(=O)OC(C)(C)C)C(Cc2ccc(C(=O)NC(Cc3ccccc3)C(=O)CCC(=O)NC(CCCCN)C(=O)O)cc2)CN(CC(=O)OC(C)(C)C)CC1. The molecular formula is C52H79N7O11. The lowest BCUT2D eigenvalue weighted by Crippen LogP contribution is -2.54. The lowest BCUT2D eigenvalue weighted by Gasteiger charge is -2.38. The zero-order chi connectivity index (χ0) is 52.0. The number of ketones is 3. The van der Waals surface area contributed by atoms with Gasteiger partial charge in [-0.25, -0.2) is 4.79 Å². The first-order chi connectivity index (χ1) is 32.9. The predicted molar refractivity (Wildman–Crippen MR) is 266 cm³/mol. The average Bonchev–Trinajstić information content (AvgIpc) is 3.25. The molecule has 0 bridgehead atoms. The van der Waals surface area contributed by atoms with E-state index in [-0.39, 0.29) is 69.0 Å². The monoisotopic (exact) mass is 978 g/mol. The van der Waals surface area contributed by atoms with Gasteiger partial charge in [0, 0.05) is 70.3 Å². The number of carbonyl (C=O) groups excluding carboxylic acids is 7. The fourth-order valence-electron chi connectivity index (χ4n) is 8.16. The number of carbonyl (C=O) groups is 8. The lowest BCUT2D eigenvalue weighted by molar-refractivity contribution is -0.159. The highest BCUT2D eigenvalue weighted by Gasteiger charge is 2.31. The molecule has 0 aliphatic carbocycles. The third-order valence-corrected chi connectivity index (χ3v) is 11.4. The number of nitrogens with zero attached hydrogens (tertiary/aromatic N) is 4. The predicted octanol–water partition coefficient (Wildman–Crippen LogP) is 3.07. The van der Waals surface area contributed by atoms with Gasteiger partial charge in [0.1, 0.15) is 28.8 Å². The number of carboxylic acids is 1. The number of Topliss-reactive ketones (excluding diaryl/α,β-unsaturated/α-hetero) is 3. The van der Waals surface area contributed by atoms with Crippen LogP contribution in [0.2, 0.25) is 0 Å². The second-order valence-corrected chi connectivity index (χ2v) is 20.3. The van der Waals surface area contributed by atoms with Gasteiger partial charge in [-0.1, -0.05) is 42.5 Å². The molecule has 1 saturated heterocycles. The summed E-state index contributed by atoms with van der Waals surface area (Å²) in [6, 6.07) is 13.5. The van der Waals surface area contributed by atoms with Gasteiger partial charge in [0.2, 0.25) is 5.91 Å². The molecule has 3 atom stereocenters. The van der Waals surface area contributed by atoms with E-state index >= 15 is 0 Å². The van der Waals surface area contributed by atoms with E-state index in [1.54, 1.807) is 65.8 Å². The number of nitrogens with one attached hydrogen (secondary N) is 2. The molecule has 1 heterocycles. The van der Waals surface area contributed by atoms with Crippen molar-refractivity contribution in [1.82, 2.24) is 30.2 Å². The molecule has 0 spiro atoms. The summed E-state index contributed by atoms with van der Waals surface area (Å²) in [6.45, 7) is 17.4. The van der Waals surface area contributed by atoms with E-state index in [1.165, 1.54) is 13.8 Å². The Balaban J connectivity index is 1.95. The Bertz CT molecular complexity index is 2040. The van der Waals surface area contributed by atoms with Gasteiger partial charge in [-0.2, -0.15) is 0 Å². The molecule has 0 aromatic heterocycles. The molecule has 2 aromatic carbocycles. The van der Waals surface area contributed by atoms with Crippen molar-refractivity contribution in [2.75, 3.05) is 78.5 Å². The molecule has 70 heavy (non-hydrogen) atoms. The van der Waals surface area contributed by atoms with Gasteiger partial charge in [0.15, 0.2) is 5.78 Å². The van der Waals surface area contributed by atoms with E-state index < -0.39 is 64.8 Å². The van der Waals surface area contributed by atoms with Crippen LogP contribution in [0.3, 0.4) is 0 Å². The summed E-state index contributed by atoms with van der Waals surface area (Å²) in [5, 5.41) is 15.0. The van der Waals surface area contributed by atoms with E-state index in [9.17, 15) is 43.5 Å². The number of carboxylic acid groups (broad SMARTS) is 1. The number of aliphatic carboxylic acids is 1. The van der Waals surface area contributed by atoms with Crippen LogP contribution in [-0.2, 0) is 55.9 Å². The zero-order valence-corrected chi connectivity index (χ0v) is 42.8. The van der Waals surface area contributed by atoms with E-state index in [1.807, 2.05) is 49.9 Å². The van der Waals surface area contributed by atoms with Crippen LogP contribution in [0, 0.1) is 0 Å². The molecule has 2 aromatic rings. The number of hydrogen-bond donors (Lipinski definition) is 4. The fourth-order valence-corrected chi connectivity index (χ4v) is 8.16. The molecule has 1 fully saturated rings. The Hall–Kier alpha value is -5.40. The van der Waals surface area contributed by atoms with Crippen LogP contribution in [0.15, 0.2) is 54.6 Å². The second kappa shape index (κ2) is 29.1. The second-order valence-electron chi connectivity index (χ2n) is 20.3. The highest BCUT2D eigenvalue weighted by Crippen LogP contribution is 2.18. The quantitative estimate of drug-likeness (QED) is 0.0874. The van der Waals surface area contributed by atoms with Gasteiger partial charge in [-0.15, -0.1) is 0 Å². The van der Waals surface area contributed by atoms with Crippen molar-refractivity contribution in [2.45, 2.75) is 130 Å². The third kappa shape index (κ3) is 23.9. The number of benzene rings is 2. The maximum Gasteiger partial charge on any atom is 0.326 e. The summed E-state index contributed by atoms with van der Waals surface area (Å²) in [5.41, 5.74) is 5.92. The Kier molecular flexibility index (Phi) is 24.5. The van der Waals surface area contributed by atoms with Crippen LogP contribution in [0.5, 0.6) is 0 Å². The molecule has 1 aliphatic rings. The van der Waals surface area contributed by atoms with Crippen LogP contribution in [0.25, 0.3) is 0 Å². The van der Waals surface area contributed by atoms with Crippen molar-refractivity contribution < 1.29 is 52.9 Å². The molecule has 0 saturated carbocycles. The van der Waals surface area contributed by atoms with Crippen LogP contribution in [0.4, 0.5) is 0 Å². The topological polar surface area (TPSA) is 238 Å². The third-order valence-electron chi connectivity index (χ3n) is 11.4. The molecule has 388 valence electrons. The molecule has 18 heteroatoms. The van der Waals surface area contributed by atoms with Gasteiger partial charge < -0.3 is 30.9 Å². The average molecular weight is 978 g/mol. The van der Waals surface area contributed by atoms with Crippen LogP contribution in [0.1, 0.15) is 109 Å². The minimum atomic E-state index is -1.17.